The largest absolute Gasteiger partial charge is 0 e. The number of hydrogen-bond donors (Lipinski definition) is 0. The first-order valence-electron chi connectivity index (χ1n) is 4.01. The first kappa shape index (κ1) is 25.3. The summed E-state index contributed by atoms with van der Waals surface area (Å²) in [6.07, 6.45) is 0. The van der Waals surface area contributed by atoms with Crippen LogP contribution in [0.3, 0.4) is 0 Å². The van der Waals surface area contributed by atoms with Crippen LogP contribution >= 0.6 is 0 Å². The van der Waals surface area contributed by atoms with Gasteiger partial charge in [0, 0.05) is 17.4 Å². The summed E-state index contributed by atoms with van der Waals surface area (Å²) in [6.45, 7) is 15.4. The minimum absolute atomic E-state index is 0. The van der Waals surface area contributed by atoms with E-state index in [0.717, 1.165) is 5.56 Å². The van der Waals surface area contributed by atoms with Crippen molar-refractivity contribution in [2.75, 3.05) is 7.11 Å². The smallest absolute Gasteiger partial charge is 0 e. The molecule has 0 radical (unpaired) electrons. The number of carbonyl (C=O) groups is 1. The summed E-state index contributed by atoms with van der Waals surface area (Å²) >= 11 is 0. The van der Waals surface area contributed by atoms with E-state index in [-0.39, 0.29) is 23.3 Å². The molecule has 0 atom stereocenters. The van der Waals surface area contributed by atoms with Crippen LogP contribution in [0.25, 0.3) is 0 Å². The van der Waals surface area contributed by atoms with Crippen LogP contribution in [0.15, 0.2) is 24.3 Å². The first-order chi connectivity index (χ1) is 8.25. The van der Waals surface area contributed by atoms with Gasteiger partial charge in [-0.25, -0.2) is 4.79 Å². The maximum Gasteiger partial charge on any atom is 0 e. The Morgan fingerprint density at radius 3 is 1.78 bits per heavy atom. The number of esters is 1. The topological polar surface area (TPSA) is 86.0 Å². The van der Waals surface area contributed by atoms with Crippen LogP contribution in [0.1, 0.15) is 15.9 Å². The average molecular weight is 286 g/mol. The maximum absolute atomic E-state index is 11.0. The van der Waals surface area contributed by atoms with E-state index in [1.54, 1.807) is 6.07 Å². The Morgan fingerprint density at radius 1 is 1.06 bits per heavy atom. The maximum atomic E-state index is 11.0. The second-order valence-electron chi connectivity index (χ2n) is 2.31. The number of benzene rings is 1. The van der Waals surface area contributed by atoms with E-state index in [0.29, 0.717) is 5.56 Å². The van der Waals surface area contributed by atoms with E-state index in [1.807, 2.05) is 25.1 Å². The summed E-state index contributed by atoms with van der Waals surface area (Å²) in [5.41, 5.74) is 1.58. The number of carbonyl (C=O) groups excluding carboxylic acids is 1. The van der Waals surface area contributed by atoms with Gasteiger partial charge in [0.1, 0.15) is 0 Å². The van der Waals surface area contributed by atoms with Crippen molar-refractivity contribution in [2.24, 2.45) is 0 Å². The molecule has 0 heterocycles. The molecule has 0 aliphatic carbocycles. The van der Waals surface area contributed by atoms with Crippen molar-refractivity contribution in [1.82, 2.24) is 0 Å². The molecule has 0 fully saturated rings. The van der Waals surface area contributed by atoms with Crippen LogP contribution in [-0.2, 0) is 36.1 Å². The van der Waals surface area contributed by atoms with Gasteiger partial charge in [0.2, 0.25) is 0 Å². The molecular weight excluding hydrogens is 276 g/mol. The van der Waals surface area contributed by atoms with Gasteiger partial charge in [-0.05, 0) is 18.6 Å². The van der Waals surface area contributed by atoms with Gasteiger partial charge in [0.05, 0.1) is 12.7 Å². The molecule has 0 unspecified atom stereocenters. The molecule has 5 nitrogen and oxygen atoms in total. The zero-order valence-electron chi connectivity index (χ0n) is 9.76. The van der Waals surface area contributed by atoms with Crippen molar-refractivity contribution < 1.29 is 40.8 Å². The number of rotatable bonds is 1. The Morgan fingerprint density at radius 2 is 1.44 bits per heavy atom. The number of ether oxygens (including phenoxy) is 1. The van der Waals surface area contributed by atoms with Gasteiger partial charge in [0.15, 0.2) is 0 Å². The summed E-state index contributed by atoms with van der Waals surface area (Å²) in [4.78, 5) is 11.0. The summed E-state index contributed by atoms with van der Waals surface area (Å²) in [5, 5.41) is 0. The number of hydrogen-bond acceptors (Lipinski definition) is 2. The third-order valence-corrected chi connectivity index (χ3v) is 1.55. The Kier molecular flexibility index (Phi) is 29.3. The zero-order valence-corrected chi connectivity index (χ0v) is 11.0. The van der Waals surface area contributed by atoms with Gasteiger partial charge >= 0.3 is 39.9 Å². The fraction of sp³-hybridized carbons (Fsp3) is 0.167. The van der Waals surface area contributed by atoms with Crippen molar-refractivity contribution in [3.63, 3.8) is 0 Å². The van der Waals surface area contributed by atoms with Crippen molar-refractivity contribution in [2.45, 2.75) is 6.92 Å². The van der Waals surface area contributed by atoms with Crippen molar-refractivity contribution in [3.8, 4) is 0 Å². The third-order valence-electron chi connectivity index (χ3n) is 1.55. The first-order valence-corrected chi connectivity index (χ1v) is 4.01. The molecule has 0 saturated heterocycles. The third kappa shape index (κ3) is 10.9. The Bertz CT molecular complexity index is 367. The fourth-order valence-electron chi connectivity index (χ4n) is 0.912. The second-order valence-corrected chi connectivity index (χ2v) is 2.31. The molecule has 0 aliphatic heterocycles. The minimum atomic E-state index is -0.275. The van der Waals surface area contributed by atoms with E-state index < -0.39 is 0 Å². The molecular formula is C12H10CrO5. The molecule has 1 aromatic carbocycles. The number of aryl methyl sites for hydroxylation is 1. The van der Waals surface area contributed by atoms with Gasteiger partial charge in [0.25, 0.3) is 0 Å². The van der Waals surface area contributed by atoms with Crippen LogP contribution in [-0.4, -0.2) is 13.1 Å². The quantitative estimate of drug-likeness (QED) is 0.446. The standard InChI is InChI=1S/C9H10O2.3CO.Cr/c1-7-5-3-4-6-8(7)9(10)11-2;3*1-2;/h3-6H,1-2H3;;;;. The van der Waals surface area contributed by atoms with E-state index >= 15 is 0 Å². The van der Waals surface area contributed by atoms with Crippen LogP contribution in [0.5, 0.6) is 0 Å². The second kappa shape index (κ2) is 20.8. The monoisotopic (exact) mass is 286 g/mol. The van der Waals surface area contributed by atoms with Crippen LogP contribution in [0.2, 0.25) is 0 Å². The van der Waals surface area contributed by atoms with Crippen molar-refractivity contribution in [3.05, 3.63) is 55.3 Å². The molecule has 18 heavy (non-hydrogen) atoms. The van der Waals surface area contributed by atoms with E-state index in [2.05, 4.69) is 24.7 Å². The average Bonchev–Trinajstić information content (AvgIpc) is 2.45. The van der Waals surface area contributed by atoms with Crippen molar-refractivity contribution in [1.29, 1.82) is 0 Å². The van der Waals surface area contributed by atoms with Crippen LogP contribution in [0.4, 0.5) is 0 Å². The molecule has 94 valence electrons. The molecule has 1 rings (SSSR count). The summed E-state index contributed by atoms with van der Waals surface area (Å²) in [7, 11) is 1.38. The van der Waals surface area contributed by atoms with Crippen molar-refractivity contribution >= 4 is 5.97 Å². The van der Waals surface area contributed by atoms with E-state index in [9.17, 15) is 4.79 Å². The summed E-state index contributed by atoms with van der Waals surface area (Å²) < 4.78 is 27.1. The van der Waals surface area contributed by atoms with Gasteiger partial charge in [-0.2, -0.15) is 0 Å². The molecule has 0 spiro atoms. The Balaban J connectivity index is -0.000000123. The molecule has 6 heteroatoms. The number of methoxy groups -OCH3 is 1. The SMILES string of the molecule is COC(=O)c1ccccc1C.[C-]#[O+].[C-]#[O+].[C-]#[O+].[Cr]. The predicted octanol–water partition coefficient (Wildman–Crippen LogP) is 1.67. The summed E-state index contributed by atoms with van der Waals surface area (Å²) in [6, 6.07) is 7.34. The molecule has 0 aromatic heterocycles. The zero-order chi connectivity index (χ0) is 14.3. The molecule has 0 bridgehead atoms. The Hall–Kier alpha value is -1.56. The normalized spacial score (nSPS) is 6.00. The van der Waals surface area contributed by atoms with Gasteiger partial charge in [-0.15, -0.1) is 0 Å². The fourth-order valence-corrected chi connectivity index (χ4v) is 0.912. The molecule has 0 saturated carbocycles. The predicted molar refractivity (Wildman–Crippen MR) is 54.3 cm³/mol. The molecule has 0 aliphatic rings. The van der Waals surface area contributed by atoms with Crippen LogP contribution < -0.4 is 0 Å². The minimum Gasteiger partial charge on any atom is 0 e. The summed E-state index contributed by atoms with van der Waals surface area (Å²) in [5.74, 6) is -0.275. The molecule has 0 N–H and O–H groups in total. The molecule has 0 amide bonds. The van der Waals surface area contributed by atoms with Gasteiger partial charge in [-0.3, -0.25) is 0 Å². The van der Waals surface area contributed by atoms with Crippen LogP contribution in [0, 0.1) is 26.9 Å². The van der Waals surface area contributed by atoms with Gasteiger partial charge in [-0.1, -0.05) is 18.2 Å². The van der Waals surface area contributed by atoms with E-state index in [1.165, 1.54) is 7.11 Å². The van der Waals surface area contributed by atoms with E-state index in [4.69, 9.17) is 14.0 Å². The molecule has 1 aromatic rings. The van der Waals surface area contributed by atoms with Gasteiger partial charge < -0.3 is 4.74 Å². The Labute approximate surface area is 116 Å².